The zero-order valence-corrected chi connectivity index (χ0v) is 32.6. The van der Waals surface area contributed by atoms with Crippen LogP contribution in [0.3, 0.4) is 0 Å². The van der Waals surface area contributed by atoms with Gasteiger partial charge in [-0.05, 0) is 67.4 Å². The summed E-state index contributed by atoms with van der Waals surface area (Å²) in [4.78, 5) is 16.1. The predicted octanol–water partition coefficient (Wildman–Crippen LogP) is 14.4. The molecule has 0 bridgehead atoms. The Morgan fingerprint density at radius 1 is 0.517 bits per heavy atom. The Kier molecular flexibility index (Phi) is 6.82. The molecule has 5 aromatic heterocycles. The number of nitrogens with zero attached hydrogens (tertiary/aromatic N) is 4. The van der Waals surface area contributed by atoms with E-state index in [2.05, 4.69) is 144 Å². The van der Waals surface area contributed by atoms with Crippen molar-refractivity contribution < 1.29 is 4.42 Å². The molecule has 7 heteroatoms. The topological polar surface area (TPSA) is 56.7 Å². The van der Waals surface area contributed by atoms with Crippen molar-refractivity contribution >= 4 is 102 Å². The molecule has 5 heterocycles. The van der Waals surface area contributed by atoms with Crippen LogP contribution in [0.2, 0.25) is 0 Å². The summed E-state index contributed by atoms with van der Waals surface area (Å²) >= 11 is 3.60. The van der Waals surface area contributed by atoms with Crippen LogP contribution in [0.5, 0.6) is 0 Å². The maximum atomic E-state index is 6.52. The minimum atomic E-state index is 0.647. The molecule has 7 aromatic carbocycles. The van der Waals surface area contributed by atoms with Gasteiger partial charge in [-0.2, -0.15) is 0 Å². The van der Waals surface area contributed by atoms with Gasteiger partial charge >= 0.3 is 0 Å². The first-order valence-electron chi connectivity index (χ1n) is 19.6. The molecule has 0 radical (unpaired) electrons. The lowest BCUT2D eigenvalue weighted by Gasteiger charge is -2.13. The van der Waals surface area contributed by atoms with Gasteiger partial charge in [0.15, 0.2) is 17.5 Å². The fourth-order valence-electron chi connectivity index (χ4n) is 9.18. The summed E-state index contributed by atoms with van der Waals surface area (Å²) < 4.78 is 13.7. The van der Waals surface area contributed by atoms with Crippen LogP contribution in [0.4, 0.5) is 0 Å². The second-order valence-corrected chi connectivity index (χ2v) is 17.1. The van der Waals surface area contributed by atoms with Crippen molar-refractivity contribution in [2.24, 2.45) is 0 Å². The lowest BCUT2D eigenvalue weighted by molar-refractivity contribution is 0.595. The van der Waals surface area contributed by atoms with Crippen molar-refractivity contribution in [1.29, 1.82) is 0 Å². The molecule has 0 N–H and O–H groups in total. The van der Waals surface area contributed by atoms with Gasteiger partial charge in [-0.25, -0.2) is 15.0 Å². The Balaban J connectivity index is 1.17. The van der Waals surface area contributed by atoms with E-state index in [1.54, 1.807) is 22.7 Å². The van der Waals surface area contributed by atoms with E-state index in [0.717, 1.165) is 62.3 Å². The molecule has 1 aliphatic rings. The van der Waals surface area contributed by atoms with Crippen LogP contribution in [0.1, 0.15) is 17.7 Å². The van der Waals surface area contributed by atoms with Crippen LogP contribution in [-0.2, 0) is 6.42 Å². The van der Waals surface area contributed by atoms with E-state index in [9.17, 15) is 0 Å². The van der Waals surface area contributed by atoms with Gasteiger partial charge in [-0.15, -0.1) is 22.7 Å². The summed E-state index contributed by atoms with van der Waals surface area (Å²) in [7, 11) is 0. The average molecular weight is 779 g/mol. The molecule has 0 aliphatic heterocycles. The molecule has 0 amide bonds. The second-order valence-electron chi connectivity index (χ2n) is 15.0. The van der Waals surface area contributed by atoms with Gasteiger partial charge in [-0.1, -0.05) is 103 Å². The van der Waals surface area contributed by atoms with Crippen LogP contribution >= 0.6 is 22.7 Å². The Labute approximate surface area is 339 Å². The summed E-state index contributed by atoms with van der Waals surface area (Å²) in [5.74, 6) is 2.93. The van der Waals surface area contributed by atoms with Crippen molar-refractivity contribution in [3.05, 3.63) is 163 Å². The normalized spacial score (nSPS) is 13.0. The molecule has 0 atom stereocenters. The SMILES string of the molecule is C1=Cc2oc3ccc4sc5c(-c6nc(-c7ccccc7)nc(-c7cccc8c7sc7ccccc78)n6)cc(-n6c7ccccc7c7ccccc76)cc5c4c3c2CC1. The van der Waals surface area contributed by atoms with Crippen molar-refractivity contribution in [2.45, 2.75) is 12.8 Å². The van der Waals surface area contributed by atoms with Crippen LogP contribution < -0.4 is 0 Å². The molecular formula is C51H30N4OS2. The summed E-state index contributed by atoms with van der Waals surface area (Å²) in [6.07, 6.45) is 6.31. The number of fused-ring (bicyclic) bond motifs is 13. The fourth-order valence-corrected chi connectivity index (χ4v) is 11.6. The van der Waals surface area contributed by atoms with E-state index in [0.29, 0.717) is 17.5 Å². The highest BCUT2D eigenvalue weighted by atomic mass is 32.1. The zero-order valence-electron chi connectivity index (χ0n) is 30.9. The quantitative estimate of drug-likeness (QED) is 0.179. The number of rotatable bonds is 4. The molecule has 0 fully saturated rings. The van der Waals surface area contributed by atoms with E-state index in [4.69, 9.17) is 19.4 Å². The first kappa shape index (κ1) is 32.2. The number of aryl methyl sites for hydroxylation is 1. The smallest absolute Gasteiger partial charge is 0.165 e. The monoisotopic (exact) mass is 778 g/mol. The summed E-state index contributed by atoms with van der Waals surface area (Å²) in [6, 6.07) is 51.9. The number of benzene rings is 7. The summed E-state index contributed by atoms with van der Waals surface area (Å²) in [6.45, 7) is 0. The standard InChI is InChI=1S/C51H30N4OS2/c1-2-13-29(14-3-1)49-52-50(36-20-12-19-34-33-17-7-11-24-43(33)57-47(34)36)54-51(53-49)38-28-30(55-39-21-8-4-15-31(39)32-16-5-9-22-40(32)55)27-37-46-44(58-48(37)38)26-25-42-45(46)35-18-6-10-23-41(35)56-42/h1-5,7-17,19-28H,6,18H2. The van der Waals surface area contributed by atoms with Crippen molar-refractivity contribution in [2.75, 3.05) is 0 Å². The molecular weight excluding hydrogens is 749 g/mol. The Bertz CT molecular complexity index is 3650. The van der Waals surface area contributed by atoms with Crippen molar-refractivity contribution in [1.82, 2.24) is 19.5 Å². The lowest BCUT2D eigenvalue weighted by atomic mass is 9.97. The first-order valence-corrected chi connectivity index (χ1v) is 21.2. The average Bonchev–Trinajstić information content (AvgIpc) is 4.05. The van der Waals surface area contributed by atoms with E-state index in [1.165, 1.54) is 57.4 Å². The minimum absolute atomic E-state index is 0.647. The third-order valence-corrected chi connectivity index (χ3v) is 14.1. The lowest BCUT2D eigenvalue weighted by Crippen LogP contribution is -2.01. The summed E-state index contributed by atoms with van der Waals surface area (Å²) in [5.41, 5.74) is 8.51. The maximum Gasteiger partial charge on any atom is 0.165 e. The van der Waals surface area contributed by atoms with Crippen molar-refractivity contribution in [3.63, 3.8) is 0 Å². The Morgan fingerprint density at radius 2 is 1.19 bits per heavy atom. The number of thiophene rings is 2. The van der Waals surface area contributed by atoms with Crippen LogP contribution in [0.25, 0.3) is 119 Å². The molecule has 0 saturated carbocycles. The van der Waals surface area contributed by atoms with E-state index in [1.807, 2.05) is 18.2 Å². The van der Waals surface area contributed by atoms with Gasteiger partial charge < -0.3 is 8.98 Å². The van der Waals surface area contributed by atoms with E-state index in [-0.39, 0.29) is 0 Å². The van der Waals surface area contributed by atoms with Crippen LogP contribution in [0, 0.1) is 0 Å². The molecule has 1 aliphatic carbocycles. The van der Waals surface area contributed by atoms with Gasteiger partial charge in [-0.3, -0.25) is 0 Å². The molecule has 0 spiro atoms. The molecule has 13 rings (SSSR count). The predicted molar refractivity (Wildman–Crippen MR) is 243 cm³/mol. The van der Waals surface area contributed by atoms with E-state index < -0.39 is 0 Å². The number of allylic oxidation sites excluding steroid dienone is 1. The largest absolute Gasteiger partial charge is 0.456 e. The third kappa shape index (κ3) is 4.66. The molecule has 0 saturated heterocycles. The number of hydrogen-bond donors (Lipinski definition) is 0. The Hall–Kier alpha value is -6.93. The third-order valence-electron chi connectivity index (χ3n) is 11.7. The molecule has 0 unspecified atom stereocenters. The van der Waals surface area contributed by atoms with Gasteiger partial charge in [0.1, 0.15) is 11.3 Å². The number of hydrogen-bond acceptors (Lipinski definition) is 6. The number of aromatic nitrogens is 4. The van der Waals surface area contributed by atoms with Crippen LogP contribution in [-0.4, -0.2) is 19.5 Å². The van der Waals surface area contributed by atoms with Gasteiger partial charge in [0.25, 0.3) is 0 Å². The fraction of sp³-hybridized carbons (Fsp3) is 0.0392. The van der Waals surface area contributed by atoms with Crippen LogP contribution in [0.15, 0.2) is 156 Å². The highest BCUT2D eigenvalue weighted by molar-refractivity contribution is 7.27. The van der Waals surface area contributed by atoms with Crippen molar-refractivity contribution in [3.8, 4) is 39.9 Å². The summed E-state index contributed by atoms with van der Waals surface area (Å²) in [5, 5.41) is 8.52. The van der Waals surface area contributed by atoms with Gasteiger partial charge in [0.2, 0.25) is 0 Å². The first-order chi connectivity index (χ1) is 28.7. The maximum absolute atomic E-state index is 6.52. The van der Waals surface area contributed by atoms with E-state index >= 15 is 0 Å². The van der Waals surface area contributed by atoms with Gasteiger partial charge in [0.05, 0.1) is 11.0 Å². The zero-order chi connectivity index (χ0) is 37.9. The molecule has 58 heavy (non-hydrogen) atoms. The second kappa shape index (κ2) is 12.3. The number of furan rings is 1. The Morgan fingerprint density at radius 3 is 2.02 bits per heavy atom. The minimum Gasteiger partial charge on any atom is -0.456 e. The highest BCUT2D eigenvalue weighted by Crippen LogP contribution is 2.48. The molecule has 272 valence electrons. The van der Waals surface area contributed by atoms with Gasteiger partial charge in [0, 0.05) is 84.4 Å². The molecule has 5 nitrogen and oxygen atoms in total. The number of para-hydroxylation sites is 2. The molecule has 12 aromatic rings. The highest BCUT2D eigenvalue weighted by Gasteiger charge is 2.25.